The first-order chi connectivity index (χ1) is 10.3. The molecule has 0 atom stereocenters. The van der Waals surface area contributed by atoms with Crippen molar-refractivity contribution in [1.29, 1.82) is 0 Å². The van der Waals surface area contributed by atoms with Gasteiger partial charge in [0.05, 0.1) is 0 Å². The largest absolute Gasteiger partial charge is 0.334 e. The van der Waals surface area contributed by atoms with E-state index in [0.29, 0.717) is 19.6 Å². The summed E-state index contributed by atoms with van der Waals surface area (Å²) in [6.45, 7) is 3.86. The van der Waals surface area contributed by atoms with E-state index < -0.39 is 0 Å². The molecule has 2 aromatic heterocycles. The van der Waals surface area contributed by atoms with Gasteiger partial charge < -0.3 is 10.2 Å². The molecule has 1 N–H and O–H groups in total. The number of rotatable bonds is 6. The van der Waals surface area contributed by atoms with Crippen molar-refractivity contribution in [2.75, 3.05) is 13.1 Å². The lowest BCUT2D eigenvalue weighted by molar-refractivity contribution is 0.200. The highest BCUT2D eigenvalue weighted by atomic mass is 16.2. The second-order valence-electron chi connectivity index (χ2n) is 4.71. The van der Waals surface area contributed by atoms with Gasteiger partial charge in [0.25, 0.3) is 0 Å². The van der Waals surface area contributed by atoms with Gasteiger partial charge in [-0.2, -0.15) is 0 Å². The Morgan fingerprint density at radius 2 is 1.95 bits per heavy atom. The fourth-order valence-electron chi connectivity index (χ4n) is 2.01. The molecule has 0 aromatic carbocycles. The SMILES string of the molecule is CCN(CCc1ccncc1)C(=O)NCc1cccnc1. The van der Waals surface area contributed by atoms with Crippen LogP contribution in [0.15, 0.2) is 49.1 Å². The van der Waals surface area contributed by atoms with Crippen LogP contribution in [0.3, 0.4) is 0 Å². The number of nitrogens with one attached hydrogen (secondary N) is 1. The highest BCUT2D eigenvalue weighted by Crippen LogP contribution is 2.01. The van der Waals surface area contributed by atoms with Crippen LogP contribution in [0.5, 0.6) is 0 Å². The monoisotopic (exact) mass is 284 g/mol. The Bertz CT molecular complexity index is 545. The van der Waals surface area contributed by atoms with Crippen LogP contribution < -0.4 is 5.32 Å². The molecule has 0 saturated carbocycles. The van der Waals surface area contributed by atoms with Crippen LogP contribution in [0.1, 0.15) is 18.1 Å². The van der Waals surface area contributed by atoms with E-state index in [1.165, 1.54) is 5.56 Å². The number of hydrogen-bond acceptors (Lipinski definition) is 3. The number of carbonyl (C=O) groups is 1. The molecular formula is C16H20N4O. The Balaban J connectivity index is 1.81. The molecule has 0 aliphatic heterocycles. The summed E-state index contributed by atoms with van der Waals surface area (Å²) >= 11 is 0. The molecule has 5 heteroatoms. The fourth-order valence-corrected chi connectivity index (χ4v) is 2.01. The summed E-state index contributed by atoms with van der Waals surface area (Å²) in [4.78, 5) is 22.0. The number of urea groups is 1. The molecule has 0 spiro atoms. The normalized spacial score (nSPS) is 10.1. The molecule has 0 aliphatic carbocycles. The predicted octanol–water partition coefficient (Wildman–Crippen LogP) is 2.25. The Morgan fingerprint density at radius 3 is 2.62 bits per heavy atom. The molecule has 0 unspecified atom stereocenters. The molecule has 0 radical (unpaired) electrons. The van der Waals surface area contributed by atoms with Crippen LogP contribution in [0.25, 0.3) is 0 Å². The standard InChI is InChI=1S/C16H20N4O/c1-2-20(11-7-14-5-9-17-10-6-14)16(21)19-13-15-4-3-8-18-12-15/h3-6,8-10,12H,2,7,11,13H2,1H3,(H,19,21). The van der Waals surface area contributed by atoms with Crippen LogP contribution in [0.4, 0.5) is 4.79 Å². The Hall–Kier alpha value is -2.43. The number of hydrogen-bond donors (Lipinski definition) is 1. The molecule has 2 rings (SSSR count). The highest BCUT2D eigenvalue weighted by molar-refractivity contribution is 5.74. The van der Waals surface area contributed by atoms with Crippen molar-refractivity contribution in [3.8, 4) is 0 Å². The maximum absolute atomic E-state index is 12.2. The Morgan fingerprint density at radius 1 is 1.14 bits per heavy atom. The molecule has 2 aromatic rings. The van der Waals surface area contributed by atoms with Gasteiger partial charge in [-0.15, -0.1) is 0 Å². The van der Waals surface area contributed by atoms with Crippen molar-refractivity contribution < 1.29 is 4.79 Å². The predicted molar refractivity (Wildman–Crippen MR) is 81.7 cm³/mol. The van der Waals surface area contributed by atoms with Crippen LogP contribution in [-0.2, 0) is 13.0 Å². The number of amides is 2. The van der Waals surface area contributed by atoms with E-state index in [2.05, 4.69) is 15.3 Å². The van der Waals surface area contributed by atoms with Gasteiger partial charge in [0.15, 0.2) is 0 Å². The van der Waals surface area contributed by atoms with E-state index in [1.54, 1.807) is 29.7 Å². The van der Waals surface area contributed by atoms with E-state index in [4.69, 9.17) is 0 Å². The maximum Gasteiger partial charge on any atom is 0.317 e. The molecule has 0 bridgehead atoms. The van der Waals surface area contributed by atoms with Crippen molar-refractivity contribution in [3.05, 3.63) is 60.2 Å². The smallest absolute Gasteiger partial charge is 0.317 e. The Labute approximate surface area is 125 Å². The average Bonchev–Trinajstić information content (AvgIpc) is 2.55. The third kappa shape index (κ3) is 4.87. The van der Waals surface area contributed by atoms with Gasteiger partial charge in [0.1, 0.15) is 0 Å². The highest BCUT2D eigenvalue weighted by Gasteiger charge is 2.10. The number of likely N-dealkylation sites (N-methyl/N-ethyl adjacent to an activating group) is 1. The second-order valence-corrected chi connectivity index (χ2v) is 4.71. The summed E-state index contributed by atoms with van der Waals surface area (Å²) < 4.78 is 0. The van der Waals surface area contributed by atoms with E-state index in [0.717, 1.165) is 12.0 Å². The van der Waals surface area contributed by atoms with Crippen LogP contribution in [-0.4, -0.2) is 34.0 Å². The maximum atomic E-state index is 12.2. The van der Waals surface area contributed by atoms with Crippen molar-refractivity contribution in [2.45, 2.75) is 19.9 Å². The minimum absolute atomic E-state index is 0.0459. The van der Waals surface area contributed by atoms with Gasteiger partial charge >= 0.3 is 6.03 Å². The van der Waals surface area contributed by atoms with E-state index in [9.17, 15) is 4.79 Å². The van der Waals surface area contributed by atoms with Gasteiger partial charge in [-0.3, -0.25) is 9.97 Å². The van der Waals surface area contributed by atoms with Gasteiger partial charge in [-0.1, -0.05) is 6.07 Å². The first kappa shape index (κ1) is 15.0. The zero-order valence-electron chi connectivity index (χ0n) is 12.2. The van der Waals surface area contributed by atoms with Crippen molar-refractivity contribution in [3.63, 3.8) is 0 Å². The molecule has 2 heterocycles. The zero-order valence-corrected chi connectivity index (χ0v) is 12.2. The summed E-state index contributed by atoms with van der Waals surface area (Å²) in [5.74, 6) is 0. The lowest BCUT2D eigenvalue weighted by Gasteiger charge is -2.21. The van der Waals surface area contributed by atoms with E-state index in [1.807, 2.05) is 31.2 Å². The third-order valence-corrected chi connectivity index (χ3v) is 3.26. The minimum Gasteiger partial charge on any atom is -0.334 e. The lowest BCUT2D eigenvalue weighted by Crippen LogP contribution is -2.40. The molecular weight excluding hydrogens is 264 g/mol. The Kier molecular flexibility index (Phi) is 5.70. The minimum atomic E-state index is -0.0459. The number of pyridine rings is 2. The summed E-state index contributed by atoms with van der Waals surface area (Å²) in [7, 11) is 0. The van der Waals surface area contributed by atoms with Crippen LogP contribution in [0.2, 0.25) is 0 Å². The average molecular weight is 284 g/mol. The summed E-state index contributed by atoms with van der Waals surface area (Å²) in [5, 5.41) is 2.92. The molecule has 0 aliphatic rings. The summed E-state index contributed by atoms with van der Waals surface area (Å²) in [5.41, 5.74) is 2.18. The van der Waals surface area contributed by atoms with Crippen LogP contribution >= 0.6 is 0 Å². The number of carbonyl (C=O) groups excluding carboxylic acids is 1. The summed E-state index contributed by atoms with van der Waals surface area (Å²) in [6, 6.07) is 7.71. The van der Waals surface area contributed by atoms with Gasteiger partial charge in [-0.25, -0.2) is 4.79 Å². The van der Waals surface area contributed by atoms with Crippen LogP contribution in [0, 0.1) is 0 Å². The quantitative estimate of drug-likeness (QED) is 0.885. The molecule has 110 valence electrons. The first-order valence-corrected chi connectivity index (χ1v) is 7.10. The second kappa shape index (κ2) is 7.99. The van der Waals surface area contributed by atoms with Gasteiger partial charge in [-0.05, 0) is 42.7 Å². The fraction of sp³-hybridized carbons (Fsp3) is 0.312. The topological polar surface area (TPSA) is 58.1 Å². The van der Waals surface area contributed by atoms with Gasteiger partial charge in [0.2, 0.25) is 0 Å². The van der Waals surface area contributed by atoms with Crippen molar-refractivity contribution >= 4 is 6.03 Å². The number of aromatic nitrogens is 2. The van der Waals surface area contributed by atoms with Crippen molar-refractivity contribution in [2.24, 2.45) is 0 Å². The zero-order chi connectivity index (χ0) is 14.9. The molecule has 21 heavy (non-hydrogen) atoms. The summed E-state index contributed by atoms with van der Waals surface area (Å²) in [6.07, 6.45) is 7.85. The molecule has 0 fully saturated rings. The van der Waals surface area contributed by atoms with E-state index >= 15 is 0 Å². The van der Waals surface area contributed by atoms with E-state index in [-0.39, 0.29) is 6.03 Å². The van der Waals surface area contributed by atoms with Crippen molar-refractivity contribution in [1.82, 2.24) is 20.2 Å². The number of nitrogens with zero attached hydrogens (tertiary/aromatic N) is 3. The first-order valence-electron chi connectivity index (χ1n) is 7.10. The third-order valence-electron chi connectivity index (χ3n) is 3.26. The molecule has 5 nitrogen and oxygen atoms in total. The van der Waals surface area contributed by atoms with Gasteiger partial charge in [0, 0.05) is 44.4 Å². The lowest BCUT2D eigenvalue weighted by atomic mass is 10.2. The molecule has 2 amide bonds. The molecule has 0 saturated heterocycles.